The molecule has 0 bridgehead atoms. The molecule has 168 valence electrons. The van der Waals surface area contributed by atoms with Crippen LogP contribution in [0.5, 0.6) is 0 Å². The summed E-state index contributed by atoms with van der Waals surface area (Å²) < 4.78 is 5.77. The fourth-order valence-corrected chi connectivity index (χ4v) is 4.39. The highest BCUT2D eigenvalue weighted by Gasteiger charge is 2.25. The Kier molecular flexibility index (Phi) is 5.99. The molecule has 2 aromatic carbocycles. The number of amides is 3. The van der Waals surface area contributed by atoms with Gasteiger partial charge in [-0.1, -0.05) is 48.2 Å². The molecule has 0 aliphatic carbocycles. The van der Waals surface area contributed by atoms with Crippen molar-refractivity contribution in [3.8, 4) is 11.5 Å². The van der Waals surface area contributed by atoms with Crippen molar-refractivity contribution in [3.63, 3.8) is 0 Å². The molecule has 1 saturated heterocycles. The Labute approximate surface area is 194 Å². The third-order valence-corrected chi connectivity index (χ3v) is 6.29. The number of benzene rings is 2. The molecule has 3 heterocycles. The van der Waals surface area contributed by atoms with Crippen molar-refractivity contribution in [1.29, 1.82) is 0 Å². The van der Waals surface area contributed by atoms with Gasteiger partial charge in [0, 0.05) is 49.0 Å². The van der Waals surface area contributed by atoms with Crippen molar-refractivity contribution in [1.82, 2.24) is 25.0 Å². The lowest BCUT2D eigenvalue weighted by molar-refractivity contribution is -0.129. The van der Waals surface area contributed by atoms with E-state index in [1.165, 1.54) is 11.8 Å². The number of thioether (sulfide) groups is 1. The highest BCUT2D eigenvalue weighted by atomic mass is 32.2. The summed E-state index contributed by atoms with van der Waals surface area (Å²) in [5, 5.41) is 12.4. The number of anilines is 1. The van der Waals surface area contributed by atoms with E-state index in [4.69, 9.17) is 4.42 Å². The minimum Gasteiger partial charge on any atom is -0.411 e. The van der Waals surface area contributed by atoms with E-state index >= 15 is 0 Å². The van der Waals surface area contributed by atoms with Gasteiger partial charge >= 0.3 is 6.03 Å². The van der Waals surface area contributed by atoms with Gasteiger partial charge in [-0.25, -0.2) is 4.79 Å². The molecule has 1 fully saturated rings. The Morgan fingerprint density at radius 3 is 2.52 bits per heavy atom. The Hall–Kier alpha value is -3.79. The number of rotatable bonds is 5. The normalized spacial score (nSPS) is 13.9. The molecule has 33 heavy (non-hydrogen) atoms. The van der Waals surface area contributed by atoms with Crippen LogP contribution in [-0.4, -0.2) is 68.9 Å². The van der Waals surface area contributed by atoms with E-state index in [9.17, 15) is 9.59 Å². The average molecular weight is 463 g/mol. The lowest BCUT2D eigenvalue weighted by atomic mass is 10.2. The van der Waals surface area contributed by atoms with Gasteiger partial charge in [0.25, 0.3) is 11.1 Å². The van der Waals surface area contributed by atoms with Crippen molar-refractivity contribution in [2.45, 2.75) is 5.22 Å². The summed E-state index contributed by atoms with van der Waals surface area (Å²) in [7, 11) is 0. The van der Waals surface area contributed by atoms with E-state index in [0.717, 1.165) is 22.2 Å². The largest absolute Gasteiger partial charge is 0.411 e. The molecule has 5 rings (SSSR count). The fraction of sp³-hybridized carbons (Fsp3) is 0.217. The summed E-state index contributed by atoms with van der Waals surface area (Å²) in [5.74, 6) is 0.599. The van der Waals surface area contributed by atoms with Gasteiger partial charge in [-0.05, 0) is 18.2 Å². The number of aromatic nitrogens is 3. The number of aromatic amines is 1. The molecule has 2 aromatic heterocycles. The van der Waals surface area contributed by atoms with Crippen LogP contribution in [0.2, 0.25) is 0 Å². The van der Waals surface area contributed by atoms with E-state index in [1.807, 2.05) is 60.8 Å². The summed E-state index contributed by atoms with van der Waals surface area (Å²) >= 11 is 1.22. The molecule has 0 saturated carbocycles. The number of piperazine rings is 1. The molecule has 2 N–H and O–H groups in total. The topological polar surface area (TPSA) is 107 Å². The van der Waals surface area contributed by atoms with Gasteiger partial charge in [-0.3, -0.25) is 4.79 Å². The number of hydrogen-bond acceptors (Lipinski definition) is 6. The summed E-state index contributed by atoms with van der Waals surface area (Å²) in [5.41, 5.74) is 2.58. The van der Waals surface area contributed by atoms with E-state index < -0.39 is 0 Å². The predicted octanol–water partition coefficient (Wildman–Crippen LogP) is 3.69. The predicted molar refractivity (Wildman–Crippen MR) is 126 cm³/mol. The number of urea groups is 1. The first kappa shape index (κ1) is 21.1. The molecule has 9 nitrogen and oxygen atoms in total. The molecule has 4 aromatic rings. The van der Waals surface area contributed by atoms with E-state index in [0.29, 0.717) is 37.3 Å². The Bertz CT molecular complexity index is 1260. The van der Waals surface area contributed by atoms with Crippen molar-refractivity contribution in [2.75, 3.05) is 37.2 Å². The van der Waals surface area contributed by atoms with E-state index in [1.54, 1.807) is 9.80 Å². The van der Waals surface area contributed by atoms with Crippen LogP contribution in [0, 0.1) is 0 Å². The molecular formula is C23H22N6O3S. The van der Waals surface area contributed by atoms with Gasteiger partial charge in [-0.15, -0.1) is 10.2 Å². The Morgan fingerprint density at radius 2 is 1.70 bits per heavy atom. The van der Waals surface area contributed by atoms with E-state index in [2.05, 4.69) is 20.5 Å². The number of carbonyl (C=O) groups is 2. The third-order valence-electron chi connectivity index (χ3n) is 5.49. The molecule has 1 aliphatic rings. The highest BCUT2D eigenvalue weighted by Crippen LogP contribution is 2.29. The van der Waals surface area contributed by atoms with Gasteiger partial charge in [-0.2, -0.15) is 0 Å². The Balaban J connectivity index is 1.12. The van der Waals surface area contributed by atoms with Gasteiger partial charge in [0.15, 0.2) is 0 Å². The molecule has 1 aliphatic heterocycles. The van der Waals surface area contributed by atoms with Crippen molar-refractivity contribution in [3.05, 3.63) is 60.8 Å². The molecule has 0 radical (unpaired) electrons. The maximum Gasteiger partial charge on any atom is 0.321 e. The van der Waals surface area contributed by atoms with Crippen LogP contribution < -0.4 is 5.32 Å². The zero-order valence-corrected chi connectivity index (χ0v) is 18.5. The fourth-order valence-electron chi connectivity index (χ4n) is 3.72. The lowest BCUT2D eigenvalue weighted by Gasteiger charge is -2.34. The molecular weight excluding hydrogens is 440 g/mol. The number of H-pyrrole nitrogens is 1. The lowest BCUT2D eigenvalue weighted by Crippen LogP contribution is -2.52. The standard InChI is InChI=1S/C23H22N6O3S/c30-20(28-10-12-29(13-11-28)22(31)25-16-6-2-1-3-7-16)15-33-23-27-26-21(32-23)18-14-24-19-9-5-4-8-17(18)19/h1-9,14,24H,10-13,15H2,(H,25,31). The minimum atomic E-state index is -0.154. The molecule has 0 unspecified atom stereocenters. The second-order valence-electron chi connectivity index (χ2n) is 7.57. The first-order valence-corrected chi connectivity index (χ1v) is 11.6. The number of fused-ring (bicyclic) bond motifs is 1. The van der Waals surface area contributed by atoms with Crippen LogP contribution >= 0.6 is 11.8 Å². The Morgan fingerprint density at radius 1 is 0.970 bits per heavy atom. The third kappa shape index (κ3) is 4.70. The van der Waals surface area contributed by atoms with Gasteiger partial charge in [0.05, 0.1) is 11.3 Å². The first-order valence-electron chi connectivity index (χ1n) is 10.6. The number of hydrogen-bond donors (Lipinski definition) is 2. The van der Waals surface area contributed by atoms with Crippen LogP contribution in [0.4, 0.5) is 10.5 Å². The molecule has 0 atom stereocenters. The maximum absolute atomic E-state index is 12.6. The second-order valence-corrected chi connectivity index (χ2v) is 8.50. The molecule has 10 heteroatoms. The van der Waals surface area contributed by atoms with Crippen molar-refractivity contribution in [2.24, 2.45) is 0 Å². The summed E-state index contributed by atoms with van der Waals surface area (Å²) in [6.07, 6.45) is 1.84. The zero-order valence-electron chi connectivity index (χ0n) is 17.7. The van der Waals surface area contributed by atoms with Crippen molar-refractivity contribution < 1.29 is 14.0 Å². The van der Waals surface area contributed by atoms with Crippen LogP contribution in [0.15, 0.2) is 70.4 Å². The van der Waals surface area contributed by atoms with Crippen LogP contribution in [-0.2, 0) is 4.79 Å². The zero-order chi connectivity index (χ0) is 22.6. The number of nitrogens with zero attached hydrogens (tertiary/aromatic N) is 4. The summed E-state index contributed by atoms with van der Waals surface area (Å²) in [6, 6.07) is 17.1. The maximum atomic E-state index is 12.6. The van der Waals surface area contributed by atoms with Crippen molar-refractivity contribution >= 4 is 40.3 Å². The quantitative estimate of drug-likeness (QED) is 0.438. The number of carbonyl (C=O) groups excluding carboxylic acids is 2. The monoisotopic (exact) mass is 462 g/mol. The first-order chi connectivity index (χ1) is 16.2. The minimum absolute atomic E-state index is 0.0186. The van der Waals surface area contributed by atoms with Gasteiger partial charge < -0.3 is 24.5 Å². The van der Waals surface area contributed by atoms with E-state index in [-0.39, 0.29) is 17.7 Å². The van der Waals surface area contributed by atoms with Crippen LogP contribution in [0.25, 0.3) is 22.4 Å². The van der Waals surface area contributed by atoms with Crippen LogP contribution in [0.1, 0.15) is 0 Å². The smallest absolute Gasteiger partial charge is 0.321 e. The summed E-state index contributed by atoms with van der Waals surface area (Å²) in [6.45, 7) is 1.96. The SMILES string of the molecule is O=C(CSc1nnc(-c2c[nH]c3ccccc23)o1)N1CCN(C(=O)Nc2ccccc2)CC1. The van der Waals surface area contributed by atoms with Crippen LogP contribution in [0.3, 0.4) is 0 Å². The molecule has 3 amide bonds. The molecule has 0 spiro atoms. The average Bonchev–Trinajstić information content (AvgIpc) is 3.50. The number of nitrogens with one attached hydrogen (secondary N) is 2. The highest BCUT2D eigenvalue weighted by molar-refractivity contribution is 7.99. The summed E-state index contributed by atoms with van der Waals surface area (Å²) in [4.78, 5) is 31.7. The van der Waals surface area contributed by atoms with Gasteiger partial charge in [0.1, 0.15) is 0 Å². The number of para-hydroxylation sites is 2. The van der Waals surface area contributed by atoms with Gasteiger partial charge in [0.2, 0.25) is 5.91 Å². The second kappa shape index (κ2) is 9.37.